The van der Waals surface area contributed by atoms with Gasteiger partial charge in [-0.3, -0.25) is 14.4 Å². The van der Waals surface area contributed by atoms with Gasteiger partial charge in [0.05, 0.1) is 7.11 Å². The Labute approximate surface area is 87.3 Å². The smallest absolute Gasteiger partial charge is 0.320 e. The molecule has 2 bridgehead atoms. The van der Waals surface area contributed by atoms with Crippen molar-refractivity contribution >= 4 is 17.5 Å². The maximum Gasteiger partial charge on any atom is 0.320 e. The minimum absolute atomic E-state index is 0.0198. The molecule has 4 nitrogen and oxygen atoms in total. The van der Waals surface area contributed by atoms with Crippen molar-refractivity contribution in [3.63, 3.8) is 0 Å². The summed E-state index contributed by atoms with van der Waals surface area (Å²) in [6, 6.07) is 0. The molecule has 0 N–H and O–H groups in total. The largest absolute Gasteiger partial charge is 0.468 e. The second-order valence-electron chi connectivity index (χ2n) is 4.25. The molecule has 2 rings (SSSR count). The van der Waals surface area contributed by atoms with Crippen LogP contribution in [0.1, 0.15) is 19.3 Å². The molecule has 2 unspecified atom stereocenters. The third-order valence-electron chi connectivity index (χ3n) is 3.36. The fourth-order valence-corrected chi connectivity index (χ4v) is 2.60. The number of esters is 1. The molecule has 0 heterocycles. The minimum atomic E-state index is -1.24. The molecule has 0 radical (unpaired) electrons. The van der Waals surface area contributed by atoms with E-state index in [9.17, 15) is 14.4 Å². The average Bonchev–Trinajstić information content (AvgIpc) is 2.40. The van der Waals surface area contributed by atoms with E-state index in [0.29, 0.717) is 18.4 Å². The summed E-state index contributed by atoms with van der Waals surface area (Å²) in [4.78, 5) is 35.0. The highest BCUT2D eigenvalue weighted by atomic mass is 16.5. The molecule has 0 aromatic rings. The van der Waals surface area contributed by atoms with Crippen LogP contribution in [0.3, 0.4) is 0 Å². The fourth-order valence-electron chi connectivity index (χ4n) is 2.60. The number of carbonyl (C=O) groups excluding carboxylic acids is 3. The van der Waals surface area contributed by atoms with Gasteiger partial charge in [0.2, 0.25) is 0 Å². The molecule has 0 aromatic heterocycles. The van der Waals surface area contributed by atoms with Crippen LogP contribution >= 0.6 is 0 Å². The SMILES string of the molecule is C=C1C(=O)C2(C(=O)OC)CC(=O)CC1C2. The van der Waals surface area contributed by atoms with Crippen LogP contribution in [0.25, 0.3) is 0 Å². The molecule has 0 aromatic carbocycles. The van der Waals surface area contributed by atoms with Crippen LogP contribution in [0, 0.1) is 11.3 Å². The van der Waals surface area contributed by atoms with Gasteiger partial charge in [0.1, 0.15) is 11.2 Å². The molecule has 2 fully saturated rings. The first kappa shape index (κ1) is 10.1. The van der Waals surface area contributed by atoms with Crippen molar-refractivity contribution in [3.05, 3.63) is 12.2 Å². The molecule has 2 saturated carbocycles. The summed E-state index contributed by atoms with van der Waals surface area (Å²) in [5.41, 5.74) is -0.836. The Balaban J connectivity index is 2.46. The number of Topliss-reactive ketones (excluding diaryl/α,β-unsaturated/α-hetero) is 2. The summed E-state index contributed by atoms with van der Waals surface area (Å²) in [6.07, 6.45) is 0.709. The van der Waals surface area contributed by atoms with Crippen LogP contribution in [0.5, 0.6) is 0 Å². The van der Waals surface area contributed by atoms with Gasteiger partial charge in [0.15, 0.2) is 5.78 Å². The van der Waals surface area contributed by atoms with Crippen LogP contribution in [0.2, 0.25) is 0 Å². The van der Waals surface area contributed by atoms with Crippen molar-refractivity contribution in [1.82, 2.24) is 0 Å². The lowest BCUT2D eigenvalue weighted by Gasteiger charge is -2.26. The third kappa shape index (κ3) is 1.17. The third-order valence-corrected chi connectivity index (χ3v) is 3.36. The lowest BCUT2D eigenvalue weighted by molar-refractivity contribution is -0.159. The topological polar surface area (TPSA) is 60.4 Å². The normalized spacial score (nSPS) is 34.5. The van der Waals surface area contributed by atoms with Crippen molar-refractivity contribution < 1.29 is 19.1 Å². The molecule has 80 valence electrons. The lowest BCUT2D eigenvalue weighted by atomic mass is 9.75. The standard InChI is InChI=1S/C11H12O4/c1-6-7-3-8(12)5-11(4-7,9(6)13)10(14)15-2/h7H,1,3-5H2,2H3. The molecule has 2 aliphatic rings. The van der Waals surface area contributed by atoms with E-state index < -0.39 is 11.4 Å². The van der Waals surface area contributed by atoms with Gasteiger partial charge in [-0.25, -0.2) is 0 Å². The predicted octanol–water partition coefficient (Wildman–Crippen LogP) is 0.654. The number of allylic oxidation sites excluding steroid dienone is 1. The minimum Gasteiger partial charge on any atom is -0.468 e. The second-order valence-corrected chi connectivity index (χ2v) is 4.25. The average molecular weight is 208 g/mol. The van der Waals surface area contributed by atoms with Crippen molar-refractivity contribution in [2.75, 3.05) is 7.11 Å². The molecule has 0 spiro atoms. The van der Waals surface area contributed by atoms with E-state index in [-0.39, 0.29) is 23.9 Å². The first-order valence-electron chi connectivity index (χ1n) is 4.85. The summed E-state index contributed by atoms with van der Waals surface area (Å²) in [5.74, 6) is -1.10. The van der Waals surface area contributed by atoms with Crippen molar-refractivity contribution in [3.8, 4) is 0 Å². The number of methoxy groups -OCH3 is 1. The van der Waals surface area contributed by atoms with Crippen LogP contribution in [-0.4, -0.2) is 24.6 Å². The zero-order valence-electron chi connectivity index (χ0n) is 8.54. The van der Waals surface area contributed by atoms with Crippen molar-refractivity contribution in [2.24, 2.45) is 11.3 Å². The van der Waals surface area contributed by atoms with Crippen LogP contribution in [-0.2, 0) is 19.1 Å². The maximum absolute atomic E-state index is 11.9. The summed E-state index contributed by atoms with van der Waals surface area (Å²) in [5, 5.41) is 0. The number of ether oxygens (including phenoxy) is 1. The summed E-state index contributed by atoms with van der Waals surface area (Å²) >= 11 is 0. The van der Waals surface area contributed by atoms with Crippen LogP contribution in [0.4, 0.5) is 0 Å². The quantitative estimate of drug-likeness (QED) is 0.360. The van der Waals surface area contributed by atoms with Gasteiger partial charge in [0, 0.05) is 12.8 Å². The van der Waals surface area contributed by atoms with E-state index in [2.05, 4.69) is 11.3 Å². The Hall–Kier alpha value is -1.45. The van der Waals surface area contributed by atoms with Crippen molar-refractivity contribution in [2.45, 2.75) is 19.3 Å². The molecule has 2 aliphatic carbocycles. The first-order valence-corrected chi connectivity index (χ1v) is 4.85. The number of ketones is 2. The Morgan fingerprint density at radius 3 is 2.80 bits per heavy atom. The second kappa shape index (κ2) is 3.02. The van der Waals surface area contributed by atoms with Gasteiger partial charge < -0.3 is 4.74 Å². The molecule has 0 saturated heterocycles. The predicted molar refractivity (Wildman–Crippen MR) is 50.9 cm³/mol. The molecule has 4 heteroatoms. The van der Waals surface area contributed by atoms with E-state index in [1.54, 1.807) is 0 Å². The Morgan fingerprint density at radius 2 is 2.20 bits per heavy atom. The molecular weight excluding hydrogens is 196 g/mol. The molecular formula is C11H12O4. The Bertz CT molecular complexity index is 382. The van der Waals surface area contributed by atoms with Crippen molar-refractivity contribution in [1.29, 1.82) is 0 Å². The van der Waals surface area contributed by atoms with Crippen LogP contribution < -0.4 is 0 Å². The van der Waals surface area contributed by atoms with E-state index in [1.807, 2.05) is 0 Å². The first-order chi connectivity index (χ1) is 7.01. The van der Waals surface area contributed by atoms with Crippen LogP contribution in [0.15, 0.2) is 12.2 Å². The summed E-state index contributed by atoms with van der Waals surface area (Å²) in [7, 11) is 1.24. The highest BCUT2D eigenvalue weighted by Gasteiger charge is 2.59. The number of hydrogen-bond donors (Lipinski definition) is 0. The van der Waals surface area contributed by atoms with Gasteiger partial charge in [-0.15, -0.1) is 0 Å². The highest BCUT2D eigenvalue weighted by molar-refractivity contribution is 6.17. The number of fused-ring (bicyclic) bond motifs is 2. The van der Waals surface area contributed by atoms with Gasteiger partial charge in [0.25, 0.3) is 0 Å². The monoisotopic (exact) mass is 208 g/mol. The summed E-state index contributed by atoms with van der Waals surface area (Å²) < 4.78 is 4.62. The molecule has 0 aliphatic heterocycles. The van der Waals surface area contributed by atoms with Gasteiger partial charge in [-0.1, -0.05) is 6.58 Å². The molecule has 15 heavy (non-hydrogen) atoms. The molecule has 0 amide bonds. The maximum atomic E-state index is 11.9. The van der Waals surface area contributed by atoms with Gasteiger partial charge in [-0.05, 0) is 17.9 Å². The molecule has 2 atom stereocenters. The van der Waals surface area contributed by atoms with E-state index in [0.717, 1.165) is 0 Å². The zero-order chi connectivity index (χ0) is 11.2. The van der Waals surface area contributed by atoms with E-state index in [1.165, 1.54) is 7.11 Å². The number of carbonyl (C=O) groups is 3. The number of rotatable bonds is 1. The Morgan fingerprint density at radius 1 is 1.53 bits per heavy atom. The fraction of sp³-hybridized carbons (Fsp3) is 0.545. The van der Waals surface area contributed by atoms with Gasteiger partial charge >= 0.3 is 5.97 Å². The number of hydrogen-bond acceptors (Lipinski definition) is 4. The zero-order valence-corrected chi connectivity index (χ0v) is 8.54. The Kier molecular flexibility index (Phi) is 2.03. The van der Waals surface area contributed by atoms with Gasteiger partial charge in [-0.2, -0.15) is 0 Å². The van der Waals surface area contributed by atoms with E-state index >= 15 is 0 Å². The highest BCUT2D eigenvalue weighted by Crippen LogP contribution is 2.50. The van der Waals surface area contributed by atoms with E-state index in [4.69, 9.17) is 0 Å². The lowest BCUT2D eigenvalue weighted by Crippen LogP contribution is -2.40. The summed E-state index contributed by atoms with van der Waals surface area (Å²) in [6.45, 7) is 3.66.